The average Bonchev–Trinajstić information content (AvgIpc) is 2.84. The van der Waals surface area contributed by atoms with Crippen LogP contribution in [0.3, 0.4) is 0 Å². The van der Waals surface area contributed by atoms with Crippen molar-refractivity contribution in [1.82, 2.24) is 10.4 Å². The maximum absolute atomic E-state index is 12.5. The highest BCUT2D eigenvalue weighted by Gasteiger charge is 2.41. The first kappa shape index (κ1) is 16.0. The van der Waals surface area contributed by atoms with Gasteiger partial charge in [0.15, 0.2) is 5.25 Å². The van der Waals surface area contributed by atoms with E-state index in [1.54, 1.807) is 12.1 Å². The van der Waals surface area contributed by atoms with E-state index in [0.717, 1.165) is 17.3 Å². The number of thioether (sulfide) groups is 1. The highest BCUT2D eigenvalue weighted by Crippen LogP contribution is 2.34. The van der Waals surface area contributed by atoms with Crippen molar-refractivity contribution in [2.24, 2.45) is 0 Å². The zero-order valence-electron chi connectivity index (χ0n) is 12.4. The number of hydrogen-bond acceptors (Lipinski definition) is 5. The second-order valence-electron chi connectivity index (χ2n) is 5.11. The van der Waals surface area contributed by atoms with Crippen molar-refractivity contribution in [3.05, 3.63) is 70.3 Å². The Hall–Kier alpha value is -2.87. The van der Waals surface area contributed by atoms with Gasteiger partial charge in [-0.15, -0.1) is 0 Å². The number of nitrogens with zero attached hydrogens (tertiary/aromatic N) is 2. The number of benzene rings is 2. The van der Waals surface area contributed by atoms with Crippen LogP contribution >= 0.6 is 11.8 Å². The number of rotatable bonds is 5. The molecule has 1 fully saturated rings. The van der Waals surface area contributed by atoms with E-state index in [2.05, 4.69) is 5.43 Å². The Balaban J connectivity index is 1.77. The Morgan fingerprint density at radius 1 is 1.08 bits per heavy atom. The van der Waals surface area contributed by atoms with Crippen LogP contribution in [0.15, 0.2) is 59.5 Å². The maximum atomic E-state index is 12.5. The van der Waals surface area contributed by atoms with E-state index < -0.39 is 22.0 Å². The second kappa shape index (κ2) is 6.71. The first-order valence-electron chi connectivity index (χ1n) is 7.12. The lowest BCUT2D eigenvalue weighted by Crippen LogP contribution is -2.35. The van der Waals surface area contributed by atoms with Crippen LogP contribution in [0.2, 0.25) is 0 Å². The number of para-hydroxylation sites is 1. The topological polar surface area (TPSA) is 92.6 Å². The third kappa shape index (κ3) is 3.23. The van der Waals surface area contributed by atoms with Crippen LogP contribution < -0.4 is 5.43 Å². The van der Waals surface area contributed by atoms with Gasteiger partial charge in [0.2, 0.25) is 0 Å². The van der Waals surface area contributed by atoms with Crippen LogP contribution in [-0.2, 0) is 16.1 Å². The fourth-order valence-corrected chi connectivity index (χ4v) is 3.38. The number of amides is 2. The second-order valence-corrected chi connectivity index (χ2v) is 6.26. The molecule has 1 N–H and O–H groups in total. The number of nitrogens with one attached hydrogen (secondary N) is 1. The van der Waals surface area contributed by atoms with Gasteiger partial charge in [0.1, 0.15) is 0 Å². The molecule has 0 saturated carbocycles. The molecule has 1 heterocycles. The first-order chi connectivity index (χ1) is 11.6. The summed E-state index contributed by atoms with van der Waals surface area (Å²) in [5.74, 6) is -0.883. The van der Waals surface area contributed by atoms with Gasteiger partial charge >= 0.3 is 0 Å². The van der Waals surface area contributed by atoms with Crippen LogP contribution in [0.4, 0.5) is 5.69 Å². The zero-order valence-corrected chi connectivity index (χ0v) is 13.2. The van der Waals surface area contributed by atoms with E-state index in [1.807, 2.05) is 30.3 Å². The van der Waals surface area contributed by atoms with E-state index in [9.17, 15) is 19.7 Å². The van der Waals surface area contributed by atoms with Crippen molar-refractivity contribution in [2.45, 2.75) is 16.7 Å². The third-order valence-electron chi connectivity index (χ3n) is 3.46. The maximum Gasteiger partial charge on any atom is 0.282 e. The van der Waals surface area contributed by atoms with Gasteiger partial charge in [-0.2, -0.15) is 0 Å². The predicted molar refractivity (Wildman–Crippen MR) is 87.9 cm³/mol. The highest BCUT2D eigenvalue weighted by atomic mass is 32.2. The number of hydrogen-bond donors (Lipinski definition) is 1. The van der Waals surface area contributed by atoms with Crippen molar-refractivity contribution < 1.29 is 14.5 Å². The number of nitro benzene ring substituents is 1. The Kier molecular flexibility index (Phi) is 4.48. The summed E-state index contributed by atoms with van der Waals surface area (Å²) < 4.78 is 0. The third-order valence-corrected chi connectivity index (χ3v) is 4.71. The molecular formula is C16H13N3O4S. The highest BCUT2D eigenvalue weighted by molar-refractivity contribution is 8.01. The van der Waals surface area contributed by atoms with Crippen LogP contribution in [-0.4, -0.2) is 27.0 Å². The summed E-state index contributed by atoms with van der Waals surface area (Å²) in [6.07, 6.45) is 0. The fraction of sp³-hybridized carbons (Fsp3) is 0.125. The first-order valence-corrected chi connectivity index (χ1v) is 8.00. The van der Waals surface area contributed by atoms with Crippen molar-refractivity contribution >= 4 is 29.3 Å². The van der Waals surface area contributed by atoms with Crippen molar-refractivity contribution in [1.29, 1.82) is 0 Å². The SMILES string of the molecule is O=C1NN(Cc2ccccc2)C(=O)C1Sc1ccccc1[N+](=O)[O-]. The summed E-state index contributed by atoms with van der Waals surface area (Å²) in [7, 11) is 0. The lowest BCUT2D eigenvalue weighted by atomic mass is 10.2. The zero-order chi connectivity index (χ0) is 17.1. The van der Waals surface area contributed by atoms with Gasteiger partial charge in [0, 0.05) is 6.07 Å². The number of carbonyl (C=O) groups excluding carboxylic acids is 2. The molecule has 1 aliphatic heterocycles. The van der Waals surface area contributed by atoms with Crippen molar-refractivity contribution in [2.75, 3.05) is 0 Å². The molecule has 1 saturated heterocycles. The minimum Gasteiger partial charge on any atom is -0.271 e. The Labute approximate surface area is 141 Å². The molecule has 0 radical (unpaired) electrons. The molecule has 0 spiro atoms. The van der Waals surface area contributed by atoms with Gasteiger partial charge in [-0.1, -0.05) is 54.2 Å². The number of hydrazine groups is 1. The van der Waals surface area contributed by atoms with E-state index in [4.69, 9.17) is 0 Å². The van der Waals surface area contributed by atoms with Gasteiger partial charge in [-0.05, 0) is 11.6 Å². The summed E-state index contributed by atoms with van der Waals surface area (Å²) in [4.78, 5) is 35.4. The lowest BCUT2D eigenvalue weighted by Gasteiger charge is -2.15. The molecule has 8 heteroatoms. The summed E-state index contributed by atoms with van der Waals surface area (Å²) in [6, 6.07) is 15.3. The molecule has 0 aliphatic carbocycles. The van der Waals surface area contributed by atoms with Gasteiger partial charge in [0.05, 0.1) is 16.4 Å². The van der Waals surface area contributed by atoms with E-state index in [1.165, 1.54) is 17.1 Å². The molecule has 1 atom stereocenters. The Bertz CT molecular complexity index is 797. The smallest absolute Gasteiger partial charge is 0.271 e. The van der Waals surface area contributed by atoms with E-state index in [-0.39, 0.29) is 17.1 Å². The molecule has 7 nitrogen and oxygen atoms in total. The molecular weight excluding hydrogens is 330 g/mol. The van der Waals surface area contributed by atoms with Crippen LogP contribution in [0, 0.1) is 10.1 Å². The quantitative estimate of drug-likeness (QED) is 0.510. The fourth-order valence-electron chi connectivity index (χ4n) is 2.32. The summed E-state index contributed by atoms with van der Waals surface area (Å²) in [6.45, 7) is 0.249. The van der Waals surface area contributed by atoms with E-state index in [0.29, 0.717) is 0 Å². The number of carbonyl (C=O) groups is 2. The van der Waals surface area contributed by atoms with Gasteiger partial charge in [0.25, 0.3) is 17.5 Å². The molecule has 0 aromatic heterocycles. The Morgan fingerprint density at radius 3 is 2.46 bits per heavy atom. The molecule has 0 bridgehead atoms. The van der Waals surface area contributed by atoms with Crippen LogP contribution in [0.25, 0.3) is 0 Å². The minimum absolute atomic E-state index is 0.121. The molecule has 2 aromatic carbocycles. The summed E-state index contributed by atoms with van der Waals surface area (Å²) in [5, 5.41) is 11.3. The van der Waals surface area contributed by atoms with Crippen molar-refractivity contribution in [3.8, 4) is 0 Å². The van der Waals surface area contributed by atoms with Crippen LogP contribution in [0.5, 0.6) is 0 Å². The Morgan fingerprint density at radius 2 is 1.75 bits per heavy atom. The standard InChI is InChI=1S/C16H13N3O4S/c20-15-14(24-13-9-5-4-8-12(13)19(22)23)16(21)18(17-15)10-11-6-2-1-3-7-11/h1-9,14H,10H2,(H,17,20). The minimum atomic E-state index is -1.03. The molecule has 2 amide bonds. The van der Waals surface area contributed by atoms with Gasteiger partial charge in [-0.25, -0.2) is 5.01 Å². The van der Waals surface area contributed by atoms with E-state index >= 15 is 0 Å². The number of nitro groups is 1. The monoisotopic (exact) mass is 343 g/mol. The molecule has 2 aromatic rings. The molecule has 122 valence electrons. The summed E-state index contributed by atoms with van der Waals surface area (Å²) >= 11 is 0.892. The van der Waals surface area contributed by atoms with Gasteiger partial charge in [-0.3, -0.25) is 25.1 Å². The van der Waals surface area contributed by atoms with Crippen LogP contribution in [0.1, 0.15) is 5.56 Å². The normalized spacial score (nSPS) is 17.0. The average molecular weight is 343 g/mol. The predicted octanol–water partition coefficient (Wildman–Crippen LogP) is 2.13. The molecule has 1 aliphatic rings. The lowest BCUT2D eigenvalue weighted by molar-refractivity contribution is -0.387. The molecule has 3 rings (SSSR count). The van der Waals surface area contributed by atoms with Crippen molar-refractivity contribution in [3.63, 3.8) is 0 Å². The largest absolute Gasteiger partial charge is 0.282 e. The van der Waals surface area contributed by atoms with Gasteiger partial charge < -0.3 is 0 Å². The molecule has 1 unspecified atom stereocenters. The molecule has 24 heavy (non-hydrogen) atoms. The summed E-state index contributed by atoms with van der Waals surface area (Å²) in [5.41, 5.74) is 3.28.